The van der Waals surface area contributed by atoms with Crippen LogP contribution in [0.15, 0.2) is 33.9 Å². The molecule has 2 aliphatic heterocycles. The average Bonchev–Trinajstić information content (AvgIpc) is 3.22. The smallest absolute Gasteiger partial charge is 0.312 e. The monoisotopic (exact) mass is 450 g/mol. The van der Waals surface area contributed by atoms with E-state index in [-0.39, 0.29) is 11.2 Å². The van der Waals surface area contributed by atoms with Crippen LogP contribution in [0, 0.1) is 5.92 Å². The van der Waals surface area contributed by atoms with E-state index in [9.17, 15) is 9.59 Å². The first-order chi connectivity index (χ1) is 16.0. The van der Waals surface area contributed by atoms with Crippen molar-refractivity contribution in [2.75, 3.05) is 31.1 Å². The molecule has 8 heteroatoms. The second-order valence-electron chi connectivity index (χ2n) is 9.63. The van der Waals surface area contributed by atoms with Crippen molar-refractivity contribution in [1.82, 2.24) is 23.6 Å². The van der Waals surface area contributed by atoms with E-state index in [1.165, 1.54) is 29.4 Å². The molecule has 0 amide bonds. The molecule has 0 bridgehead atoms. The molecular weight excluding hydrogens is 416 g/mol. The van der Waals surface area contributed by atoms with Gasteiger partial charge in [0.25, 0.3) is 5.56 Å². The highest BCUT2D eigenvalue weighted by Crippen LogP contribution is 2.32. The second kappa shape index (κ2) is 8.82. The molecule has 1 fully saturated rings. The van der Waals surface area contributed by atoms with Crippen LogP contribution in [0.1, 0.15) is 38.7 Å². The van der Waals surface area contributed by atoms with Crippen molar-refractivity contribution in [1.29, 1.82) is 0 Å². The number of nitrogens with zero attached hydrogens (tertiary/aromatic N) is 6. The Kier molecular flexibility index (Phi) is 5.86. The van der Waals surface area contributed by atoms with E-state index in [4.69, 9.17) is 4.98 Å². The van der Waals surface area contributed by atoms with Crippen LogP contribution in [0.4, 0.5) is 11.6 Å². The highest BCUT2D eigenvalue weighted by Gasteiger charge is 2.30. The first-order valence-electron chi connectivity index (χ1n) is 12.3. The standard InChI is InChI=1S/C25H34N6O2/c1-4-19-8-10-20(11-9-19)30-16-18(2)17-31-21-22(26-24(30)31)27(3)25(33)29(23(21)32)15-14-28-12-6-5-7-13-28/h8-11,18H,4-7,12-17H2,1-3H3/t18-/m0/s1. The van der Waals surface area contributed by atoms with Crippen molar-refractivity contribution in [3.8, 4) is 0 Å². The molecular formula is C25H34N6O2. The van der Waals surface area contributed by atoms with Gasteiger partial charge in [-0.2, -0.15) is 4.98 Å². The maximum absolute atomic E-state index is 13.6. The van der Waals surface area contributed by atoms with Gasteiger partial charge in [0.15, 0.2) is 11.2 Å². The minimum absolute atomic E-state index is 0.223. The third kappa shape index (κ3) is 3.90. The molecule has 3 aromatic rings. The largest absolute Gasteiger partial charge is 0.332 e. The van der Waals surface area contributed by atoms with Crippen LogP contribution < -0.4 is 16.1 Å². The van der Waals surface area contributed by atoms with Gasteiger partial charge in [0, 0.05) is 38.9 Å². The quantitative estimate of drug-likeness (QED) is 0.598. The second-order valence-corrected chi connectivity index (χ2v) is 9.63. The number of rotatable bonds is 5. The highest BCUT2D eigenvalue weighted by atomic mass is 16.2. The Labute approximate surface area is 194 Å². The van der Waals surface area contributed by atoms with Crippen LogP contribution in [-0.4, -0.2) is 49.8 Å². The number of imidazole rings is 1. The number of aryl methyl sites for hydroxylation is 2. The molecule has 0 radical (unpaired) electrons. The number of benzene rings is 1. The minimum Gasteiger partial charge on any atom is -0.312 e. The lowest BCUT2D eigenvalue weighted by molar-refractivity contribution is 0.218. The Hall–Kier alpha value is -2.87. The van der Waals surface area contributed by atoms with Gasteiger partial charge in [-0.05, 0) is 56.0 Å². The Morgan fingerprint density at radius 3 is 2.42 bits per heavy atom. The normalized spacial score (nSPS) is 19.2. The lowest BCUT2D eigenvalue weighted by Crippen LogP contribution is -2.43. The molecule has 33 heavy (non-hydrogen) atoms. The Morgan fingerprint density at radius 1 is 1.00 bits per heavy atom. The van der Waals surface area contributed by atoms with Crippen molar-refractivity contribution in [3.05, 3.63) is 50.7 Å². The SMILES string of the molecule is CCc1ccc(N2C[C@H](C)Cn3c2nc2c3c(=O)n(CCN3CCCCC3)c(=O)n2C)cc1. The van der Waals surface area contributed by atoms with Crippen LogP contribution in [0.2, 0.25) is 0 Å². The fourth-order valence-electron chi connectivity index (χ4n) is 5.26. The number of anilines is 2. The number of hydrogen-bond donors (Lipinski definition) is 0. The summed E-state index contributed by atoms with van der Waals surface area (Å²) in [7, 11) is 1.73. The molecule has 0 unspecified atom stereocenters. The van der Waals surface area contributed by atoms with Crippen molar-refractivity contribution in [2.24, 2.45) is 13.0 Å². The molecule has 1 saturated heterocycles. The molecule has 1 atom stereocenters. The molecule has 176 valence electrons. The zero-order chi connectivity index (χ0) is 23.1. The molecule has 0 spiro atoms. The summed E-state index contributed by atoms with van der Waals surface area (Å²) in [5.74, 6) is 1.09. The van der Waals surface area contributed by atoms with Gasteiger partial charge in [0.1, 0.15) is 0 Å². The predicted octanol–water partition coefficient (Wildman–Crippen LogP) is 2.73. The average molecular weight is 451 g/mol. The van der Waals surface area contributed by atoms with Crippen molar-refractivity contribution >= 4 is 22.8 Å². The first-order valence-corrected chi connectivity index (χ1v) is 12.3. The Balaban J connectivity index is 1.58. The van der Waals surface area contributed by atoms with Gasteiger partial charge in [-0.25, -0.2) is 4.79 Å². The number of piperidine rings is 1. The Bertz CT molecular complexity index is 1260. The molecule has 0 N–H and O–H groups in total. The summed E-state index contributed by atoms with van der Waals surface area (Å²) in [6.45, 7) is 9.12. The van der Waals surface area contributed by atoms with E-state index in [1.807, 2.05) is 4.57 Å². The van der Waals surface area contributed by atoms with E-state index in [0.29, 0.717) is 23.6 Å². The Morgan fingerprint density at radius 2 is 1.73 bits per heavy atom. The van der Waals surface area contributed by atoms with E-state index in [0.717, 1.165) is 50.8 Å². The van der Waals surface area contributed by atoms with E-state index < -0.39 is 0 Å². The zero-order valence-corrected chi connectivity index (χ0v) is 20.0. The topological polar surface area (TPSA) is 68.3 Å². The van der Waals surface area contributed by atoms with Crippen LogP contribution >= 0.6 is 0 Å². The van der Waals surface area contributed by atoms with E-state index in [1.54, 1.807) is 11.6 Å². The van der Waals surface area contributed by atoms with Crippen LogP contribution in [0.3, 0.4) is 0 Å². The van der Waals surface area contributed by atoms with Gasteiger partial charge in [-0.1, -0.05) is 32.4 Å². The summed E-state index contributed by atoms with van der Waals surface area (Å²) in [6, 6.07) is 8.53. The zero-order valence-electron chi connectivity index (χ0n) is 20.0. The van der Waals surface area contributed by atoms with E-state index in [2.05, 4.69) is 47.9 Å². The fraction of sp³-hybridized carbons (Fsp3) is 0.560. The summed E-state index contributed by atoms with van der Waals surface area (Å²) in [5.41, 5.74) is 2.85. The molecule has 0 aliphatic carbocycles. The third-order valence-electron chi connectivity index (χ3n) is 7.19. The molecule has 4 heterocycles. The number of hydrogen-bond acceptors (Lipinski definition) is 5. The third-order valence-corrected chi connectivity index (χ3v) is 7.19. The molecule has 8 nitrogen and oxygen atoms in total. The number of likely N-dealkylation sites (tertiary alicyclic amines) is 1. The molecule has 2 aliphatic rings. The van der Waals surface area contributed by atoms with Gasteiger partial charge in [-0.3, -0.25) is 13.9 Å². The van der Waals surface area contributed by atoms with Gasteiger partial charge in [0.2, 0.25) is 5.95 Å². The van der Waals surface area contributed by atoms with Crippen molar-refractivity contribution in [2.45, 2.75) is 52.6 Å². The molecule has 5 rings (SSSR count). The summed E-state index contributed by atoms with van der Waals surface area (Å²) < 4.78 is 4.98. The van der Waals surface area contributed by atoms with Gasteiger partial charge in [-0.15, -0.1) is 0 Å². The summed E-state index contributed by atoms with van der Waals surface area (Å²) in [4.78, 5) is 36.1. The number of fused-ring (bicyclic) bond motifs is 3. The highest BCUT2D eigenvalue weighted by molar-refractivity contribution is 5.77. The first kappa shape index (κ1) is 21.9. The predicted molar refractivity (Wildman–Crippen MR) is 132 cm³/mol. The molecule has 2 aromatic heterocycles. The van der Waals surface area contributed by atoms with Gasteiger partial charge >= 0.3 is 5.69 Å². The lowest BCUT2D eigenvalue weighted by atomic mass is 10.1. The van der Waals surface area contributed by atoms with Gasteiger partial charge < -0.3 is 14.4 Å². The maximum Gasteiger partial charge on any atom is 0.332 e. The van der Waals surface area contributed by atoms with Crippen LogP contribution in [-0.2, 0) is 26.6 Å². The summed E-state index contributed by atoms with van der Waals surface area (Å²) in [6.07, 6.45) is 4.64. The minimum atomic E-state index is -0.285. The molecule has 0 saturated carbocycles. The van der Waals surface area contributed by atoms with Crippen LogP contribution in [0.25, 0.3) is 11.2 Å². The van der Waals surface area contributed by atoms with E-state index >= 15 is 0 Å². The maximum atomic E-state index is 13.6. The lowest BCUT2D eigenvalue weighted by Gasteiger charge is -2.33. The number of aromatic nitrogens is 4. The molecule has 1 aromatic carbocycles. The summed E-state index contributed by atoms with van der Waals surface area (Å²) in [5, 5.41) is 0. The summed E-state index contributed by atoms with van der Waals surface area (Å²) >= 11 is 0. The van der Waals surface area contributed by atoms with Gasteiger partial charge in [0.05, 0.1) is 0 Å². The van der Waals surface area contributed by atoms with Crippen LogP contribution in [0.5, 0.6) is 0 Å². The fourth-order valence-corrected chi connectivity index (χ4v) is 5.26. The van der Waals surface area contributed by atoms with Crippen molar-refractivity contribution in [3.63, 3.8) is 0 Å². The van der Waals surface area contributed by atoms with Crippen molar-refractivity contribution < 1.29 is 0 Å².